The first-order chi connectivity index (χ1) is 15.7. The fraction of sp³-hybridized carbons (Fsp3) is 0.806. The molecule has 0 saturated carbocycles. The van der Waals surface area contributed by atoms with Crippen LogP contribution in [0.15, 0.2) is 24.3 Å². The number of aryl methyl sites for hydroxylation is 1. The summed E-state index contributed by atoms with van der Waals surface area (Å²) in [5.41, 5.74) is 3.00. The zero-order chi connectivity index (χ0) is 23.3. The molecular formula is C31H59NO. The third kappa shape index (κ3) is 14.2. The normalized spacial score (nSPS) is 11.5. The summed E-state index contributed by atoms with van der Waals surface area (Å²) >= 11 is 0. The van der Waals surface area contributed by atoms with Crippen molar-refractivity contribution in [3.05, 3.63) is 29.8 Å². The molecule has 33 heavy (non-hydrogen) atoms. The highest BCUT2D eigenvalue weighted by Gasteiger charge is 2.27. The van der Waals surface area contributed by atoms with Gasteiger partial charge in [-0.05, 0) is 39.7 Å². The van der Waals surface area contributed by atoms with E-state index in [1.807, 2.05) is 0 Å². The molecule has 0 aromatic heterocycles. The molecular weight excluding hydrogens is 402 g/mol. The number of hydrogen-bond donors (Lipinski definition) is 0. The lowest BCUT2D eigenvalue weighted by Gasteiger charge is -2.37. The lowest BCUT2D eigenvalue weighted by atomic mass is 10.0. The predicted molar refractivity (Wildman–Crippen MR) is 150 cm³/mol. The highest BCUT2D eigenvalue weighted by atomic mass is 16.0. The van der Waals surface area contributed by atoms with E-state index in [1.165, 1.54) is 141 Å². The minimum atomic E-state index is 0. The van der Waals surface area contributed by atoms with Gasteiger partial charge in [0.25, 0.3) is 0 Å². The molecule has 2 heteroatoms. The van der Waals surface area contributed by atoms with Crippen LogP contribution >= 0.6 is 0 Å². The largest absolute Gasteiger partial charge is 0.870 e. The molecule has 0 radical (unpaired) electrons. The van der Waals surface area contributed by atoms with Crippen LogP contribution in [0.25, 0.3) is 0 Å². The Morgan fingerprint density at radius 1 is 0.515 bits per heavy atom. The third-order valence-corrected chi connectivity index (χ3v) is 7.78. The van der Waals surface area contributed by atoms with Gasteiger partial charge in [0.15, 0.2) is 0 Å². The summed E-state index contributed by atoms with van der Waals surface area (Å²) in [6.07, 6.45) is 26.1. The number of para-hydroxylation sites is 1. The molecule has 0 aliphatic heterocycles. The van der Waals surface area contributed by atoms with Gasteiger partial charge >= 0.3 is 0 Å². The summed E-state index contributed by atoms with van der Waals surface area (Å²) < 4.78 is 1.16. The molecule has 0 fully saturated rings. The molecule has 0 saturated heterocycles. The van der Waals surface area contributed by atoms with Crippen molar-refractivity contribution in [2.24, 2.45) is 0 Å². The predicted octanol–water partition coefficient (Wildman–Crippen LogP) is 10.2. The Morgan fingerprint density at radius 2 is 0.879 bits per heavy atom. The van der Waals surface area contributed by atoms with Crippen LogP contribution in [0.4, 0.5) is 5.69 Å². The van der Waals surface area contributed by atoms with Gasteiger partial charge in [0.1, 0.15) is 5.69 Å². The molecule has 1 N–H and O–H groups in total. The molecule has 1 aromatic rings. The highest BCUT2D eigenvalue weighted by molar-refractivity contribution is 5.49. The van der Waals surface area contributed by atoms with Gasteiger partial charge in [-0.25, -0.2) is 0 Å². The van der Waals surface area contributed by atoms with Crippen molar-refractivity contribution in [3.8, 4) is 0 Å². The van der Waals surface area contributed by atoms with Crippen molar-refractivity contribution < 1.29 is 5.48 Å². The maximum Gasteiger partial charge on any atom is 0.135 e. The molecule has 0 amide bonds. The Morgan fingerprint density at radius 3 is 1.24 bits per heavy atom. The van der Waals surface area contributed by atoms with Crippen LogP contribution in [0.1, 0.15) is 142 Å². The van der Waals surface area contributed by atoms with Crippen LogP contribution in [-0.4, -0.2) is 25.1 Å². The van der Waals surface area contributed by atoms with Crippen LogP contribution in [0.3, 0.4) is 0 Å². The van der Waals surface area contributed by atoms with Gasteiger partial charge in [0, 0.05) is 5.56 Å². The highest BCUT2D eigenvalue weighted by Crippen LogP contribution is 2.28. The van der Waals surface area contributed by atoms with Crippen LogP contribution in [-0.2, 0) is 0 Å². The zero-order valence-electron chi connectivity index (χ0n) is 23.1. The van der Waals surface area contributed by atoms with E-state index in [9.17, 15) is 0 Å². The second-order valence-corrected chi connectivity index (χ2v) is 10.3. The average Bonchev–Trinajstić information content (AvgIpc) is 2.82. The monoisotopic (exact) mass is 461 g/mol. The standard InChI is InChI=1S/C31H58N.H2O/c1-5-8-9-10-11-12-13-14-15-16-17-18-19-20-21-22-23-26-29-32(6-2,7-3)31-28-25-24-27-30(31)4;/h24-25,27-28H,5-23,26,29H2,1-4H3;1H2/q+1;/p-1. The summed E-state index contributed by atoms with van der Waals surface area (Å²) in [6.45, 7) is 13.0. The molecule has 0 aliphatic carbocycles. The fourth-order valence-corrected chi connectivity index (χ4v) is 5.41. The summed E-state index contributed by atoms with van der Waals surface area (Å²) in [6, 6.07) is 9.03. The van der Waals surface area contributed by atoms with E-state index in [0.29, 0.717) is 0 Å². The van der Waals surface area contributed by atoms with Crippen molar-refractivity contribution in [2.45, 2.75) is 143 Å². The van der Waals surface area contributed by atoms with Crippen molar-refractivity contribution >= 4 is 5.69 Å². The SMILES string of the molecule is CCCCCCCCCCCCCCCCCCCC[N+](CC)(CC)c1ccccc1C.[OH-]. The number of unbranched alkanes of at least 4 members (excludes halogenated alkanes) is 17. The van der Waals surface area contributed by atoms with Gasteiger partial charge in [-0.1, -0.05) is 128 Å². The molecule has 0 aliphatic rings. The molecule has 1 rings (SSSR count). The number of benzene rings is 1. The smallest absolute Gasteiger partial charge is 0.135 e. The summed E-state index contributed by atoms with van der Waals surface area (Å²) in [7, 11) is 0. The lowest BCUT2D eigenvalue weighted by Crippen LogP contribution is -2.50. The van der Waals surface area contributed by atoms with Gasteiger partial charge in [0.2, 0.25) is 0 Å². The topological polar surface area (TPSA) is 30.0 Å². The molecule has 0 spiro atoms. The van der Waals surface area contributed by atoms with Crippen LogP contribution in [0.5, 0.6) is 0 Å². The molecule has 0 unspecified atom stereocenters. The summed E-state index contributed by atoms with van der Waals surface area (Å²) in [4.78, 5) is 0. The van der Waals surface area contributed by atoms with Crippen LogP contribution < -0.4 is 4.48 Å². The average molecular weight is 462 g/mol. The van der Waals surface area contributed by atoms with Crippen molar-refractivity contribution in [3.63, 3.8) is 0 Å². The Hall–Kier alpha value is -0.860. The van der Waals surface area contributed by atoms with E-state index in [2.05, 4.69) is 52.0 Å². The van der Waals surface area contributed by atoms with Crippen molar-refractivity contribution in [2.75, 3.05) is 19.6 Å². The van der Waals surface area contributed by atoms with Gasteiger partial charge in [-0.2, -0.15) is 0 Å². The first-order valence-corrected chi connectivity index (χ1v) is 14.6. The molecule has 194 valence electrons. The molecule has 0 heterocycles. The van der Waals surface area contributed by atoms with E-state index in [1.54, 1.807) is 5.69 Å². The Labute approximate surface area is 208 Å². The fourth-order valence-electron chi connectivity index (χ4n) is 5.41. The van der Waals surface area contributed by atoms with Crippen molar-refractivity contribution in [1.82, 2.24) is 4.48 Å². The molecule has 0 atom stereocenters. The number of rotatable bonds is 22. The Balaban J connectivity index is 0.0000102. The van der Waals surface area contributed by atoms with E-state index in [-0.39, 0.29) is 5.48 Å². The van der Waals surface area contributed by atoms with Crippen molar-refractivity contribution in [1.29, 1.82) is 0 Å². The second-order valence-electron chi connectivity index (χ2n) is 10.3. The number of hydrogen-bond acceptors (Lipinski definition) is 1. The van der Waals surface area contributed by atoms with Gasteiger partial charge in [0.05, 0.1) is 19.6 Å². The summed E-state index contributed by atoms with van der Waals surface area (Å²) in [5.74, 6) is 0. The van der Waals surface area contributed by atoms with E-state index in [4.69, 9.17) is 0 Å². The quantitative estimate of drug-likeness (QED) is 0.125. The lowest BCUT2D eigenvalue weighted by molar-refractivity contribution is 0.290. The third-order valence-electron chi connectivity index (χ3n) is 7.78. The molecule has 2 nitrogen and oxygen atoms in total. The van der Waals surface area contributed by atoms with E-state index < -0.39 is 0 Å². The van der Waals surface area contributed by atoms with Gasteiger partial charge in [-0.3, -0.25) is 4.48 Å². The Kier molecular flexibility index (Phi) is 21.1. The van der Waals surface area contributed by atoms with Gasteiger partial charge in [-0.15, -0.1) is 0 Å². The van der Waals surface area contributed by atoms with Crippen LogP contribution in [0.2, 0.25) is 0 Å². The maximum atomic E-state index is 2.37. The first kappa shape index (κ1) is 32.1. The molecule has 0 bridgehead atoms. The number of nitrogens with zero attached hydrogens (tertiary/aromatic N) is 1. The molecule has 1 aromatic carbocycles. The minimum Gasteiger partial charge on any atom is -0.870 e. The first-order valence-electron chi connectivity index (χ1n) is 14.6. The minimum absolute atomic E-state index is 0. The van der Waals surface area contributed by atoms with Gasteiger partial charge < -0.3 is 5.48 Å². The number of quaternary nitrogens is 1. The van der Waals surface area contributed by atoms with E-state index >= 15 is 0 Å². The summed E-state index contributed by atoms with van der Waals surface area (Å²) in [5, 5.41) is 0. The Bertz CT molecular complexity index is 537. The maximum absolute atomic E-state index is 2.37. The zero-order valence-corrected chi connectivity index (χ0v) is 23.1. The second kappa shape index (κ2) is 21.7. The van der Waals surface area contributed by atoms with Crippen LogP contribution in [0, 0.1) is 6.92 Å². The van der Waals surface area contributed by atoms with E-state index in [0.717, 1.165) is 4.48 Å².